The van der Waals surface area contributed by atoms with Crippen LogP contribution in [0.25, 0.3) is 0 Å². The van der Waals surface area contributed by atoms with E-state index in [4.69, 9.17) is 0 Å². The van der Waals surface area contributed by atoms with Crippen molar-refractivity contribution in [2.75, 3.05) is 20.1 Å². The van der Waals surface area contributed by atoms with E-state index >= 15 is 0 Å². The third kappa shape index (κ3) is 2.46. The van der Waals surface area contributed by atoms with E-state index in [1.54, 1.807) is 0 Å². The van der Waals surface area contributed by atoms with Crippen LogP contribution in [0.3, 0.4) is 0 Å². The minimum absolute atomic E-state index is 0.731. The molecule has 0 aromatic heterocycles. The summed E-state index contributed by atoms with van der Waals surface area (Å²) in [6.07, 6.45) is 4.11. The quantitative estimate of drug-likeness (QED) is 0.687. The van der Waals surface area contributed by atoms with Gasteiger partial charge in [0.15, 0.2) is 0 Å². The van der Waals surface area contributed by atoms with E-state index < -0.39 is 0 Å². The van der Waals surface area contributed by atoms with E-state index in [2.05, 4.69) is 24.1 Å². The summed E-state index contributed by atoms with van der Waals surface area (Å²) in [4.78, 5) is 2.64. The second-order valence-corrected chi connectivity index (χ2v) is 4.02. The molecule has 0 aromatic rings. The first-order chi connectivity index (χ1) is 5.75. The maximum atomic E-state index is 3.23. The first kappa shape index (κ1) is 10.0. The normalized spacial score (nSPS) is 25.5. The van der Waals surface area contributed by atoms with Crippen LogP contribution in [0.4, 0.5) is 0 Å². The van der Waals surface area contributed by atoms with Crippen LogP contribution in [0.5, 0.6) is 0 Å². The molecule has 0 amide bonds. The lowest BCUT2D eigenvalue weighted by Crippen LogP contribution is -2.36. The zero-order valence-electron chi connectivity index (χ0n) is 8.64. The molecule has 0 saturated carbocycles. The first-order valence-corrected chi connectivity index (χ1v) is 5.16. The topological polar surface area (TPSA) is 15.3 Å². The Kier molecular flexibility index (Phi) is 4.02. The molecule has 0 bridgehead atoms. The molecule has 1 fully saturated rings. The van der Waals surface area contributed by atoms with Crippen LogP contribution in [0.15, 0.2) is 0 Å². The van der Waals surface area contributed by atoms with Crippen LogP contribution >= 0.6 is 0 Å². The standard InChI is InChI=1S/C10H22N2/c1-9(2)12-8-4-5-10(12)6-7-11-3/h9-11H,4-8H2,1-3H3. The van der Waals surface area contributed by atoms with Crippen LogP contribution in [0, 0.1) is 0 Å². The molecule has 1 aliphatic rings. The third-order valence-electron chi connectivity index (χ3n) is 2.81. The number of rotatable bonds is 4. The molecule has 12 heavy (non-hydrogen) atoms. The summed E-state index contributed by atoms with van der Waals surface area (Å²) in [5.74, 6) is 0. The van der Waals surface area contributed by atoms with Crippen LogP contribution < -0.4 is 5.32 Å². The smallest absolute Gasteiger partial charge is 0.0110 e. The highest BCUT2D eigenvalue weighted by molar-refractivity contribution is 4.81. The molecule has 1 heterocycles. The summed E-state index contributed by atoms with van der Waals surface area (Å²) in [6.45, 7) is 7.08. The van der Waals surface area contributed by atoms with E-state index in [0.717, 1.165) is 18.6 Å². The highest BCUT2D eigenvalue weighted by Gasteiger charge is 2.25. The van der Waals surface area contributed by atoms with Crippen LogP contribution in [0.2, 0.25) is 0 Å². The van der Waals surface area contributed by atoms with Gasteiger partial charge < -0.3 is 5.32 Å². The monoisotopic (exact) mass is 170 g/mol. The van der Waals surface area contributed by atoms with Gasteiger partial charge in [0.05, 0.1) is 0 Å². The van der Waals surface area contributed by atoms with Crippen LogP contribution in [0.1, 0.15) is 33.1 Å². The lowest BCUT2D eigenvalue weighted by atomic mass is 10.1. The Balaban J connectivity index is 2.30. The van der Waals surface area contributed by atoms with Gasteiger partial charge >= 0.3 is 0 Å². The van der Waals surface area contributed by atoms with E-state index in [9.17, 15) is 0 Å². The largest absolute Gasteiger partial charge is 0.320 e. The molecule has 1 aliphatic heterocycles. The minimum atomic E-state index is 0.731. The zero-order valence-corrected chi connectivity index (χ0v) is 8.64. The van der Waals surface area contributed by atoms with Crippen molar-refractivity contribution in [1.29, 1.82) is 0 Å². The fraction of sp³-hybridized carbons (Fsp3) is 1.00. The second kappa shape index (κ2) is 4.83. The van der Waals surface area contributed by atoms with Gasteiger partial charge in [0, 0.05) is 12.1 Å². The lowest BCUT2D eigenvalue weighted by molar-refractivity contribution is 0.195. The number of hydrogen-bond donors (Lipinski definition) is 1. The summed E-state index contributed by atoms with van der Waals surface area (Å²) in [6, 6.07) is 1.58. The molecule has 1 N–H and O–H groups in total. The molecular formula is C10H22N2. The molecule has 1 unspecified atom stereocenters. The predicted molar refractivity (Wildman–Crippen MR) is 53.4 cm³/mol. The number of hydrogen-bond acceptors (Lipinski definition) is 2. The number of likely N-dealkylation sites (tertiary alicyclic amines) is 1. The average Bonchev–Trinajstić information content (AvgIpc) is 2.48. The third-order valence-corrected chi connectivity index (χ3v) is 2.81. The van der Waals surface area contributed by atoms with Gasteiger partial charge in [-0.2, -0.15) is 0 Å². The van der Waals surface area contributed by atoms with E-state index in [-0.39, 0.29) is 0 Å². The SMILES string of the molecule is CNCCC1CCCN1C(C)C. The van der Waals surface area contributed by atoms with Crippen LogP contribution in [-0.4, -0.2) is 37.1 Å². The van der Waals surface area contributed by atoms with Gasteiger partial charge in [0.2, 0.25) is 0 Å². The van der Waals surface area contributed by atoms with Crippen molar-refractivity contribution in [2.45, 2.75) is 45.2 Å². The number of nitrogens with one attached hydrogen (secondary N) is 1. The summed E-state index contributed by atoms with van der Waals surface area (Å²) < 4.78 is 0. The second-order valence-electron chi connectivity index (χ2n) is 4.02. The molecule has 0 aliphatic carbocycles. The van der Waals surface area contributed by atoms with E-state index in [1.807, 2.05) is 7.05 Å². The highest BCUT2D eigenvalue weighted by atomic mass is 15.2. The summed E-state index contributed by atoms with van der Waals surface area (Å²) in [7, 11) is 2.04. The van der Waals surface area contributed by atoms with Crippen molar-refractivity contribution >= 4 is 0 Å². The molecule has 0 aromatic carbocycles. The summed E-state index contributed by atoms with van der Waals surface area (Å²) in [5.41, 5.74) is 0. The molecule has 0 radical (unpaired) electrons. The molecule has 0 spiro atoms. The van der Waals surface area contributed by atoms with Gasteiger partial charge in [-0.15, -0.1) is 0 Å². The first-order valence-electron chi connectivity index (χ1n) is 5.16. The Hall–Kier alpha value is -0.0800. The molecule has 2 heteroatoms. The Morgan fingerprint density at radius 1 is 1.50 bits per heavy atom. The van der Waals surface area contributed by atoms with Gasteiger partial charge in [0.25, 0.3) is 0 Å². The van der Waals surface area contributed by atoms with Gasteiger partial charge in [-0.25, -0.2) is 0 Å². The molecule has 1 atom stereocenters. The van der Waals surface area contributed by atoms with E-state index in [1.165, 1.54) is 25.8 Å². The molecular weight excluding hydrogens is 148 g/mol. The fourth-order valence-electron chi connectivity index (χ4n) is 2.16. The molecule has 1 rings (SSSR count). The fourth-order valence-corrected chi connectivity index (χ4v) is 2.16. The van der Waals surface area contributed by atoms with Crippen molar-refractivity contribution in [3.8, 4) is 0 Å². The Morgan fingerprint density at radius 3 is 2.83 bits per heavy atom. The van der Waals surface area contributed by atoms with Gasteiger partial charge in [-0.05, 0) is 53.2 Å². The minimum Gasteiger partial charge on any atom is -0.320 e. The average molecular weight is 170 g/mol. The van der Waals surface area contributed by atoms with Crippen molar-refractivity contribution in [3.05, 3.63) is 0 Å². The Bertz CT molecular complexity index is 123. The Labute approximate surface area is 76.3 Å². The maximum Gasteiger partial charge on any atom is 0.0110 e. The van der Waals surface area contributed by atoms with Crippen molar-refractivity contribution in [3.63, 3.8) is 0 Å². The van der Waals surface area contributed by atoms with Crippen LogP contribution in [-0.2, 0) is 0 Å². The lowest BCUT2D eigenvalue weighted by Gasteiger charge is -2.28. The van der Waals surface area contributed by atoms with E-state index in [0.29, 0.717) is 0 Å². The zero-order chi connectivity index (χ0) is 8.97. The van der Waals surface area contributed by atoms with Gasteiger partial charge in [-0.1, -0.05) is 0 Å². The van der Waals surface area contributed by atoms with Crippen molar-refractivity contribution < 1.29 is 0 Å². The molecule has 1 saturated heterocycles. The molecule has 72 valence electrons. The van der Waals surface area contributed by atoms with Gasteiger partial charge in [0.1, 0.15) is 0 Å². The van der Waals surface area contributed by atoms with Gasteiger partial charge in [-0.3, -0.25) is 4.90 Å². The Morgan fingerprint density at radius 2 is 2.25 bits per heavy atom. The highest BCUT2D eigenvalue weighted by Crippen LogP contribution is 2.21. The van der Waals surface area contributed by atoms with Crippen molar-refractivity contribution in [2.24, 2.45) is 0 Å². The van der Waals surface area contributed by atoms with Crippen molar-refractivity contribution in [1.82, 2.24) is 10.2 Å². The maximum absolute atomic E-state index is 3.23. The molecule has 2 nitrogen and oxygen atoms in total. The number of nitrogens with zero attached hydrogens (tertiary/aromatic N) is 1. The summed E-state index contributed by atoms with van der Waals surface area (Å²) >= 11 is 0. The summed E-state index contributed by atoms with van der Waals surface area (Å²) in [5, 5.41) is 3.23. The predicted octanol–water partition coefficient (Wildman–Crippen LogP) is 1.47.